The highest BCUT2D eigenvalue weighted by Gasteiger charge is 2.37. The summed E-state index contributed by atoms with van der Waals surface area (Å²) in [4.78, 5) is 18.4. The molecule has 1 saturated carbocycles. The van der Waals surface area contributed by atoms with E-state index in [2.05, 4.69) is 5.32 Å². The molecule has 0 bridgehead atoms. The lowest BCUT2D eigenvalue weighted by Gasteiger charge is -2.37. The molecule has 1 heterocycles. The summed E-state index contributed by atoms with van der Waals surface area (Å²) in [7, 11) is 0. The fraction of sp³-hybridized carbons (Fsp3) is 0.474. The van der Waals surface area contributed by atoms with Gasteiger partial charge in [0.15, 0.2) is 0 Å². The van der Waals surface area contributed by atoms with Crippen molar-refractivity contribution in [1.29, 1.82) is 0 Å². The average Bonchev–Trinajstić information content (AvgIpc) is 2.94. The van der Waals surface area contributed by atoms with Gasteiger partial charge in [0.1, 0.15) is 5.01 Å². The van der Waals surface area contributed by atoms with E-state index in [1.807, 2.05) is 38.1 Å². The van der Waals surface area contributed by atoms with Crippen LogP contribution in [-0.4, -0.2) is 16.4 Å². The SMILES string of the molecule is Cc1sc(CNC(=O)C2CCCCC2(C)N)nc1-c1ccc(Cl)cc1.Cl. The Bertz CT molecular complexity index is 759. The van der Waals surface area contributed by atoms with Gasteiger partial charge in [-0.05, 0) is 38.8 Å². The maximum atomic E-state index is 12.6. The number of aryl methyl sites for hydroxylation is 1. The van der Waals surface area contributed by atoms with Crippen molar-refractivity contribution in [3.8, 4) is 11.3 Å². The Labute approximate surface area is 169 Å². The maximum Gasteiger partial charge on any atom is 0.225 e. The molecule has 2 aromatic rings. The number of hydrogen-bond donors (Lipinski definition) is 2. The number of halogens is 2. The second kappa shape index (κ2) is 8.70. The van der Waals surface area contributed by atoms with Crippen molar-refractivity contribution in [2.75, 3.05) is 0 Å². The molecule has 26 heavy (non-hydrogen) atoms. The minimum Gasteiger partial charge on any atom is -0.349 e. The molecule has 0 aliphatic heterocycles. The average molecular weight is 414 g/mol. The Morgan fingerprint density at radius 2 is 2.08 bits per heavy atom. The molecule has 142 valence electrons. The van der Waals surface area contributed by atoms with Crippen LogP contribution in [0.4, 0.5) is 0 Å². The highest BCUT2D eigenvalue weighted by atomic mass is 35.5. The van der Waals surface area contributed by atoms with E-state index in [4.69, 9.17) is 22.3 Å². The van der Waals surface area contributed by atoms with Gasteiger partial charge in [-0.15, -0.1) is 23.7 Å². The van der Waals surface area contributed by atoms with Gasteiger partial charge in [-0.2, -0.15) is 0 Å². The molecule has 1 aromatic carbocycles. The number of hydrogen-bond acceptors (Lipinski definition) is 4. The number of aromatic nitrogens is 1. The molecule has 3 N–H and O–H groups in total. The van der Waals surface area contributed by atoms with Crippen molar-refractivity contribution in [1.82, 2.24) is 10.3 Å². The molecule has 7 heteroatoms. The number of thiazole rings is 1. The van der Waals surface area contributed by atoms with Crippen LogP contribution in [0.15, 0.2) is 24.3 Å². The summed E-state index contributed by atoms with van der Waals surface area (Å²) in [5, 5.41) is 4.65. The molecular formula is C19H25Cl2N3OS. The Hall–Kier alpha value is -1.14. The Balaban J connectivity index is 0.00000243. The molecule has 2 unspecified atom stereocenters. The molecule has 1 aliphatic carbocycles. The van der Waals surface area contributed by atoms with Gasteiger partial charge in [-0.25, -0.2) is 4.98 Å². The van der Waals surface area contributed by atoms with Crippen LogP contribution in [0.2, 0.25) is 5.02 Å². The van der Waals surface area contributed by atoms with Crippen molar-refractivity contribution < 1.29 is 4.79 Å². The Kier molecular flexibility index (Phi) is 7.08. The summed E-state index contributed by atoms with van der Waals surface area (Å²) in [6.45, 7) is 4.48. The van der Waals surface area contributed by atoms with E-state index in [0.717, 1.165) is 46.8 Å². The third-order valence-corrected chi connectivity index (χ3v) is 6.17. The van der Waals surface area contributed by atoms with Gasteiger partial charge in [-0.1, -0.05) is 36.6 Å². The normalized spacial score (nSPS) is 22.5. The minimum atomic E-state index is -0.407. The van der Waals surface area contributed by atoms with Gasteiger partial charge in [0, 0.05) is 21.0 Å². The predicted octanol–water partition coefficient (Wildman–Crippen LogP) is 4.72. The first-order valence-electron chi connectivity index (χ1n) is 8.65. The molecular weight excluding hydrogens is 389 g/mol. The third-order valence-electron chi connectivity index (χ3n) is 4.94. The molecule has 1 amide bonds. The Morgan fingerprint density at radius 1 is 1.38 bits per heavy atom. The number of nitrogens with two attached hydrogens (primary N) is 1. The fourth-order valence-corrected chi connectivity index (χ4v) is 4.50. The van der Waals surface area contributed by atoms with Crippen LogP contribution in [0.3, 0.4) is 0 Å². The van der Waals surface area contributed by atoms with Crippen LogP contribution in [0.1, 0.15) is 42.5 Å². The highest BCUT2D eigenvalue weighted by molar-refractivity contribution is 7.12. The van der Waals surface area contributed by atoms with E-state index in [-0.39, 0.29) is 24.2 Å². The molecule has 1 aromatic heterocycles. The van der Waals surface area contributed by atoms with Crippen molar-refractivity contribution in [3.05, 3.63) is 39.2 Å². The second-order valence-electron chi connectivity index (χ2n) is 7.04. The van der Waals surface area contributed by atoms with Gasteiger partial charge >= 0.3 is 0 Å². The second-order valence-corrected chi connectivity index (χ2v) is 8.77. The molecule has 1 aliphatic rings. The number of carbonyl (C=O) groups excluding carboxylic acids is 1. The summed E-state index contributed by atoms with van der Waals surface area (Å²) in [5.41, 5.74) is 7.91. The van der Waals surface area contributed by atoms with Gasteiger partial charge in [0.25, 0.3) is 0 Å². The molecule has 3 rings (SSSR count). The van der Waals surface area contributed by atoms with E-state index < -0.39 is 5.54 Å². The topological polar surface area (TPSA) is 68.0 Å². The first-order valence-corrected chi connectivity index (χ1v) is 9.85. The molecule has 2 atom stereocenters. The largest absolute Gasteiger partial charge is 0.349 e. The number of rotatable bonds is 4. The number of amides is 1. The van der Waals surface area contributed by atoms with Crippen LogP contribution >= 0.6 is 35.3 Å². The summed E-state index contributed by atoms with van der Waals surface area (Å²) in [6, 6.07) is 7.66. The smallest absolute Gasteiger partial charge is 0.225 e. The van der Waals surface area contributed by atoms with Gasteiger partial charge in [0.2, 0.25) is 5.91 Å². The maximum absolute atomic E-state index is 12.6. The van der Waals surface area contributed by atoms with E-state index in [9.17, 15) is 4.79 Å². The lowest BCUT2D eigenvalue weighted by atomic mass is 9.74. The summed E-state index contributed by atoms with van der Waals surface area (Å²) < 4.78 is 0. The van der Waals surface area contributed by atoms with Gasteiger partial charge in [-0.3, -0.25) is 4.79 Å². The van der Waals surface area contributed by atoms with E-state index in [1.54, 1.807) is 11.3 Å². The number of benzene rings is 1. The summed E-state index contributed by atoms with van der Waals surface area (Å²) in [6.07, 6.45) is 3.95. The van der Waals surface area contributed by atoms with Gasteiger partial charge in [0.05, 0.1) is 18.2 Å². The van der Waals surface area contributed by atoms with E-state index in [1.165, 1.54) is 0 Å². The number of nitrogens with one attached hydrogen (secondary N) is 1. The monoisotopic (exact) mass is 413 g/mol. The minimum absolute atomic E-state index is 0. The number of nitrogens with zero attached hydrogens (tertiary/aromatic N) is 1. The molecule has 0 saturated heterocycles. The fourth-order valence-electron chi connectivity index (χ4n) is 3.48. The lowest BCUT2D eigenvalue weighted by Crippen LogP contribution is -2.52. The van der Waals surface area contributed by atoms with E-state index in [0.29, 0.717) is 11.6 Å². The summed E-state index contributed by atoms with van der Waals surface area (Å²) in [5.74, 6) is -0.0661. The first kappa shape index (κ1) is 21.2. The number of carbonyl (C=O) groups is 1. The van der Waals surface area contributed by atoms with Crippen molar-refractivity contribution in [2.24, 2.45) is 11.7 Å². The Morgan fingerprint density at radius 3 is 2.73 bits per heavy atom. The third kappa shape index (κ3) is 4.77. The van der Waals surface area contributed by atoms with E-state index >= 15 is 0 Å². The molecule has 0 spiro atoms. The zero-order valence-electron chi connectivity index (χ0n) is 15.0. The standard InChI is InChI=1S/C19H24ClN3OS.ClH/c1-12-17(13-6-8-14(20)9-7-13)23-16(25-12)11-22-18(24)15-5-3-4-10-19(15,2)21;/h6-9,15H,3-5,10-11,21H2,1-2H3,(H,22,24);1H. The zero-order chi connectivity index (χ0) is 18.0. The van der Waals surface area contributed by atoms with Crippen molar-refractivity contribution in [2.45, 2.75) is 51.6 Å². The lowest BCUT2D eigenvalue weighted by molar-refractivity contribution is -0.128. The molecule has 1 fully saturated rings. The van der Waals surface area contributed by atoms with Crippen LogP contribution in [0.25, 0.3) is 11.3 Å². The van der Waals surface area contributed by atoms with Crippen LogP contribution in [0.5, 0.6) is 0 Å². The summed E-state index contributed by atoms with van der Waals surface area (Å²) >= 11 is 7.56. The first-order chi connectivity index (χ1) is 11.9. The molecule has 4 nitrogen and oxygen atoms in total. The van der Waals surface area contributed by atoms with Crippen LogP contribution < -0.4 is 11.1 Å². The zero-order valence-corrected chi connectivity index (χ0v) is 17.4. The van der Waals surface area contributed by atoms with Crippen LogP contribution in [0, 0.1) is 12.8 Å². The van der Waals surface area contributed by atoms with Gasteiger partial charge < -0.3 is 11.1 Å². The molecule has 0 radical (unpaired) electrons. The quantitative estimate of drug-likeness (QED) is 0.761. The highest BCUT2D eigenvalue weighted by Crippen LogP contribution is 2.32. The van der Waals surface area contributed by atoms with Crippen molar-refractivity contribution >= 4 is 41.3 Å². The predicted molar refractivity (Wildman–Crippen MR) is 111 cm³/mol. The van der Waals surface area contributed by atoms with Crippen molar-refractivity contribution in [3.63, 3.8) is 0 Å². The van der Waals surface area contributed by atoms with Crippen LogP contribution in [-0.2, 0) is 11.3 Å².